The smallest absolute Gasteiger partial charge is 0.416 e. The first-order chi connectivity index (χ1) is 19.0. The summed E-state index contributed by atoms with van der Waals surface area (Å²) in [5, 5.41) is 17.1. The van der Waals surface area contributed by atoms with Crippen LogP contribution in [0.3, 0.4) is 0 Å². The summed E-state index contributed by atoms with van der Waals surface area (Å²) in [6.07, 6.45) is -4.16. The summed E-state index contributed by atoms with van der Waals surface area (Å²) in [4.78, 5) is 41.0. The van der Waals surface area contributed by atoms with Crippen LogP contribution in [-0.2, 0) is 20.5 Å². The molecule has 2 aromatic carbocycles. The van der Waals surface area contributed by atoms with E-state index in [-0.39, 0.29) is 30.5 Å². The number of piperidine rings is 1. The average molecular weight is 562 g/mol. The Bertz CT molecular complexity index is 1420. The molecular formula is C27H25F4N4O5+. The number of likely N-dealkylation sites (tertiary alicyclic amines) is 1. The minimum atomic E-state index is -4.69. The predicted octanol–water partition coefficient (Wildman–Crippen LogP) is 2.86. The van der Waals surface area contributed by atoms with Crippen LogP contribution in [0.5, 0.6) is 0 Å². The lowest BCUT2D eigenvalue weighted by atomic mass is 9.73. The number of nitrogens with one attached hydrogen (secondary N) is 1. The molecule has 3 aliphatic rings. The Hall–Kier alpha value is -4.13. The van der Waals surface area contributed by atoms with Crippen molar-refractivity contribution in [3.05, 3.63) is 71.0 Å². The quantitative estimate of drug-likeness (QED) is 0.416. The number of fused-ring (bicyclic) bond motifs is 1. The molecule has 0 spiro atoms. The van der Waals surface area contributed by atoms with Crippen LogP contribution in [0.4, 0.5) is 17.6 Å². The SMILES string of the molecule is CCN1C(=O)[C@@H](NC(=O)c2cccc(C(F)(F)F)c2)[C@@H](c2ccc(F)cc2)C2C(C(=O)O)=N[N+]([C@H]3CCOC3)=C21. The minimum absolute atomic E-state index is 0.100. The maximum Gasteiger partial charge on any atom is 0.416 e. The standard InChI is InChI=1S/C27H24F4N4O5/c1-2-34-24-20(22(26(38)39)33-35(24)18-10-11-40-13-18)19(14-6-8-17(28)9-7-14)21(25(34)37)32-23(36)15-4-3-5-16(12-15)27(29,30)31/h3-9,12,18-21H,2,10-11,13H2,1H3,(H-,32,36,38,39)/p+1/t18-,19-,20?,21-/m0/s1. The molecule has 9 nitrogen and oxygen atoms in total. The van der Waals surface area contributed by atoms with Gasteiger partial charge in [-0.15, -0.1) is 4.68 Å². The van der Waals surface area contributed by atoms with Crippen LogP contribution in [-0.4, -0.2) is 75.9 Å². The van der Waals surface area contributed by atoms with Crippen molar-refractivity contribution in [1.29, 1.82) is 0 Å². The molecule has 3 heterocycles. The molecule has 0 saturated carbocycles. The number of amidine groups is 1. The van der Waals surface area contributed by atoms with Crippen LogP contribution in [0.15, 0.2) is 53.6 Å². The van der Waals surface area contributed by atoms with Gasteiger partial charge in [-0.1, -0.05) is 23.3 Å². The minimum Gasteiger partial charge on any atom is -0.477 e. The molecule has 1 unspecified atom stereocenters. The lowest BCUT2D eigenvalue weighted by molar-refractivity contribution is -0.571. The zero-order valence-corrected chi connectivity index (χ0v) is 21.2. The molecule has 0 aromatic heterocycles. The summed E-state index contributed by atoms with van der Waals surface area (Å²) in [5.41, 5.74) is -1.30. The van der Waals surface area contributed by atoms with Gasteiger partial charge in [-0.25, -0.2) is 14.0 Å². The van der Waals surface area contributed by atoms with Crippen molar-refractivity contribution in [1.82, 2.24) is 10.2 Å². The van der Waals surface area contributed by atoms with E-state index < -0.39 is 53.2 Å². The van der Waals surface area contributed by atoms with E-state index in [4.69, 9.17) is 4.74 Å². The van der Waals surface area contributed by atoms with E-state index in [0.717, 1.165) is 24.3 Å². The molecule has 0 bridgehead atoms. The molecule has 3 aliphatic heterocycles. The first-order valence-electron chi connectivity index (χ1n) is 12.6. The third-order valence-electron chi connectivity index (χ3n) is 7.33. The number of aliphatic carboxylic acids is 1. The lowest BCUT2D eigenvalue weighted by Crippen LogP contribution is -2.63. The highest BCUT2D eigenvalue weighted by molar-refractivity contribution is 6.42. The molecule has 2 fully saturated rings. The molecule has 4 atom stereocenters. The van der Waals surface area contributed by atoms with Gasteiger partial charge in [0, 0.05) is 17.9 Å². The fourth-order valence-corrected chi connectivity index (χ4v) is 5.50. The highest BCUT2D eigenvalue weighted by Gasteiger charge is 2.60. The monoisotopic (exact) mass is 561 g/mol. The third-order valence-corrected chi connectivity index (χ3v) is 7.33. The van der Waals surface area contributed by atoms with E-state index in [1.807, 2.05) is 0 Å². The number of benzene rings is 2. The second kappa shape index (κ2) is 10.5. The van der Waals surface area contributed by atoms with Gasteiger partial charge in [0.05, 0.1) is 25.3 Å². The van der Waals surface area contributed by atoms with E-state index in [9.17, 15) is 37.1 Å². The van der Waals surface area contributed by atoms with Gasteiger partial charge in [-0.2, -0.15) is 18.1 Å². The number of likely N-dealkylation sites (N-methyl/N-ethyl adjacent to an activating group) is 1. The van der Waals surface area contributed by atoms with Crippen LogP contribution in [0.25, 0.3) is 0 Å². The number of alkyl halides is 3. The van der Waals surface area contributed by atoms with Gasteiger partial charge in [0.2, 0.25) is 0 Å². The molecule has 2 amide bonds. The number of nitrogens with zero attached hydrogens (tertiary/aromatic N) is 3. The molecule has 5 rings (SSSR count). The predicted molar refractivity (Wildman–Crippen MR) is 132 cm³/mol. The Labute approximate surface area is 225 Å². The number of carboxylic acids is 1. The van der Waals surface area contributed by atoms with Gasteiger partial charge in [-0.05, 0) is 42.8 Å². The summed E-state index contributed by atoms with van der Waals surface area (Å²) in [5.74, 6) is -5.25. The number of halogens is 4. The summed E-state index contributed by atoms with van der Waals surface area (Å²) < 4.78 is 60.7. The first-order valence-corrected chi connectivity index (χ1v) is 12.6. The summed E-state index contributed by atoms with van der Waals surface area (Å²) in [6, 6.07) is 7.09. The van der Waals surface area contributed by atoms with Crippen molar-refractivity contribution in [3.63, 3.8) is 0 Å². The van der Waals surface area contributed by atoms with Crippen molar-refractivity contribution in [2.75, 3.05) is 19.8 Å². The molecule has 0 aliphatic carbocycles. The largest absolute Gasteiger partial charge is 0.477 e. The number of rotatable bonds is 6. The first kappa shape index (κ1) is 27.4. The summed E-state index contributed by atoms with van der Waals surface area (Å²) in [6.45, 7) is 2.46. The normalized spacial score (nSPS) is 24.7. The lowest BCUT2D eigenvalue weighted by Gasteiger charge is -2.37. The molecule has 40 heavy (non-hydrogen) atoms. The van der Waals surface area contributed by atoms with Crippen LogP contribution in [0.2, 0.25) is 0 Å². The Morgan fingerprint density at radius 2 is 1.93 bits per heavy atom. The number of hydrogen-bond acceptors (Lipinski definition) is 5. The molecule has 2 N–H and O–H groups in total. The maximum absolute atomic E-state index is 14.0. The number of amides is 2. The van der Waals surface area contributed by atoms with Crippen LogP contribution in [0, 0.1) is 11.7 Å². The zero-order chi connectivity index (χ0) is 28.8. The van der Waals surface area contributed by atoms with Crippen LogP contribution < -0.4 is 5.32 Å². The van der Waals surface area contributed by atoms with E-state index >= 15 is 0 Å². The second-order valence-corrected chi connectivity index (χ2v) is 9.68. The van der Waals surface area contributed by atoms with Crippen molar-refractivity contribution in [2.24, 2.45) is 11.0 Å². The zero-order valence-electron chi connectivity index (χ0n) is 21.2. The highest BCUT2D eigenvalue weighted by atomic mass is 19.4. The number of hydrazone groups is 1. The van der Waals surface area contributed by atoms with Crippen molar-refractivity contribution in [2.45, 2.75) is 37.5 Å². The van der Waals surface area contributed by atoms with Gasteiger partial charge in [0.1, 0.15) is 23.8 Å². The molecule has 2 saturated heterocycles. The maximum atomic E-state index is 14.0. The topological polar surface area (TPSA) is 111 Å². The Morgan fingerprint density at radius 1 is 1.20 bits per heavy atom. The molecular weight excluding hydrogens is 536 g/mol. The highest BCUT2D eigenvalue weighted by Crippen LogP contribution is 2.40. The second-order valence-electron chi connectivity index (χ2n) is 9.68. The van der Waals surface area contributed by atoms with Crippen molar-refractivity contribution < 1.29 is 46.5 Å². The van der Waals surface area contributed by atoms with Crippen molar-refractivity contribution in [3.8, 4) is 0 Å². The molecule has 2 aromatic rings. The fraction of sp³-hybridized carbons (Fsp3) is 0.370. The number of carbonyl (C=O) groups excluding carboxylic acids is 2. The fourth-order valence-electron chi connectivity index (χ4n) is 5.50. The summed E-state index contributed by atoms with van der Waals surface area (Å²) >= 11 is 0. The van der Waals surface area contributed by atoms with E-state index in [0.29, 0.717) is 30.5 Å². The van der Waals surface area contributed by atoms with Crippen molar-refractivity contribution >= 4 is 29.3 Å². The molecule has 210 valence electrons. The number of ether oxygens (including phenoxy) is 1. The molecule has 13 heteroatoms. The van der Waals surface area contributed by atoms with E-state index in [1.165, 1.54) is 27.8 Å². The van der Waals surface area contributed by atoms with Gasteiger partial charge in [-0.3, -0.25) is 4.79 Å². The molecule has 0 radical (unpaired) electrons. The Balaban J connectivity index is 1.63. The number of hydrogen-bond donors (Lipinski definition) is 2. The van der Waals surface area contributed by atoms with Crippen LogP contribution in [0.1, 0.15) is 40.7 Å². The van der Waals surface area contributed by atoms with Gasteiger partial charge < -0.3 is 15.2 Å². The summed E-state index contributed by atoms with van der Waals surface area (Å²) in [7, 11) is 0. The van der Waals surface area contributed by atoms with E-state index in [2.05, 4.69) is 10.4 Å². The number of carbonyl (C=O) groups is 3. The third kappa shape index (κ3) is 4.85. The van der Waals surface area contributed by atoms with Gasteiger partial charge in [0.25, 0.3) is 11.7 Å². The Kier molecular flexibility index (Phi) is 7.17. The van der Waals surface area contributed by atoms with E-state index in [1.54, 1.807) is 6.92 Å². The van der Waals surface area contributed by atoms with Crippen LogP contribution >= 0.6 is 0 Å². The Morgan fingerprint density at radius 3 is 2.52 bits per heavy atom. The van der Waals surface area contributed by atoms with Gasteiger partial charge >= 0.3 is 18.1 Å². The van der Waals surface area contributed by atoms with Gasteiger partial charge in [0.15, 0.2) is 5.71 Å². The average Bonchev–Trinajstić information content (AvgIpc) is 3.58. The number of carboxylic acid groups (broad SMARTS) is 1.